The Morgan fingerprint density at radius 2 is 2.24 bits per heavy atom. The Kier molecular flexibility index (Phi) is 3.71. The van der Waals surface area contributed by atoms with Gasteiger partial charge in [0.15, 0.2) is 0 Å². The van der Waals surface area contributed by atoms with Crippen LogP contribution in [-0.4, -0.2) is 33.5 Å². The number of hydrogen-bond acceptors (Lipinski definition) is 5. The SMILES string of the molecule is COc1c(C2CCCN2Cc2cc(C)on2)c(C)nn1C. The van der Waals surface area contributed by atoms with Crippen LogP contribution < -0.4 is 4.74 Å². The molecule has 6 nitrogen and oxygen atoms in total. The van der Waals surface area contributed by atoms with Crippen LogP contribution in [-0.2, 0) is 13.6 Å². The average molecular weight is 290 g/mol. The summed E-state index contributed by atoms with van der Waals surface area (Å²) < 4.78 is 12.5. The van der Waals surface area contributed by atoms with Crippen molar-refractivity contribution in [1.82, 2.24) is 19.8 Å². The summed E-state index contributed by atoms with van der Waals surface area (Å²) in [6.45, 7) is 5.84. The summed E-state index contributed by atoms with van der Waals surface area (Å²) in [5.41, 5.74) is 3.24. The second-order valence-corrected chi connectivity index (χ2v) is 5.69. The zero-order valence-electron chi connectivity index (χ0n) is 13.1. The Hall–Kier alpha value is -1.82. The van der Waals surface area contributed by atoms with Gasteiger partial charge in [0.2, 0.25) is 5.88 Å². The number of rotatable bonds is 4. The molecule has 1 aliphatic rings. The summed E-state index contributed by atoms with van der Waals surface area (Å²) >= 11 is 0. The van der Waals surface area contributed by atoms with Gasteiger partial charge in [0.25, 0.3) is 0 Å². The predicted molar refractivity (Wildman–Crippen MR) is 78.1 cm³/mol. The molecular formula is C15H22N4O2. The summed E-state index contributed by atoms with van der Waals surface area (Å²) in [5.74, 6) is 1.72. The van der Waals surface area contributed by atoms with E-state index in [1.54, 1.807) is 7.11 Å². The molecule has 1 atom stereocenters. The molecule has 1 saturated heterocycles. The number of hydrogen-bond donors (Lipinski definition) is 0. The minimum absolute atomic E-state index is 0.339. The normalized spacial score (nSPS) is 19.3. The number of likely N-dealkylation sites (tertiary alicyclic amines) is 1. The van der Waals surface area contributed by atoms with Gasteiger partial charge in [0.05, 0.1) is 24.1 Å². The predicted octanol–water partition coefficient (Wildman–Crippen LogP) is 2.37. The Balaban J connectivity index is 1.87. The molecule has 0 N–H and O–H groups in total. The van der Waals surface area contributed by atoms with Gasteiger partial charge in [-0.3, -0.25) is 4.90 Å². The molecule has 0 saturated carbocycles. The van der Waals surface area contributed by atoms with Gasteiger partial charge in [-0.25, -0.2) is 4.68 Å². The molecular weight excluding hydrogens is 268 g/mol. The minimum atomic E-state index is 0.339. The monoisotopic (exact) mass is 290 g/mol. The van der Waals surface area contributed by atoms with Gasteiger partial charge in [-0.1, -0.05) is 5.16 Å². The van der Waals surface area contributed by atoms with E-state index in [2.05, 4.69) is 22.1 Å². The van der Waals surface area contributed by atoms with Crippen LogP contribution in [0.25, 0.3) is 0 Å². The first kappa shape index (κ1) is 14.1. The van der Waals surface area contributed by atoms with Crippen molar-refractivity contribution in [2.45, 2.75) is 39.3 Å². The summed E-state index contributed by atoms with van der Waals surface area (Å²) in [4.78, 5) is 2.43. The maximum atomic E-state index is 5.55. The molecule has 3 heterocycles. The van der Waals surface area contributed by atoms with E-state index < -0.39 is 0 Å². The lowest BCUT2D eigenvalue weighted by Gasteiger charge is -2.24. The lowest BCUT2D eigenvalue weighted by Crippen LogP contribution is -2.23. The topological polar surface area (TPSA) is 56.3 Å². The van der Waals surface area contributed by atoms with E-state index in [9.17, 15) is 0 Å². The number of aryl methyl sites for hydroxylation is 3. The van der Waals surface area contributed by atoms with Crippen molar-refractivity contribution in [3.8, 4) is 5.88 Å². The molecule has 1 fully saturated rings. The van der Waals surface area contributed by atoms with E-state index in [4.69, 9.17) is 9.26 Å². The van der Waals surface area contributed by atoms with Crippen LogP contribution in [0.2, 0.25) is 0 Å². The summed E-state index contributed by atoms with van der Waals surface area (Å²) in [6.07, 6.45) is 2.30. The van der Waals surface area contributed by atoms with Crippen molar-refractivity contribution in [3.63, 3.8) is 0 Å². The van der Waals surface area contributed by atoms with Crippen LogP contribution in [0.3, 0.4) is 0 Å². The molecule has 0 amide bonds. The van der Waals surface area contributed by atoms with Gasteiger partial charge in [0, 0.05) is 25.7 Å². The highest BCUT2D eigenvalue weighted by atomic mass is 16.5. The van der Waals surface area contributed by atoms with E-state index in [1.807, 2.05) is 24.7 Å². The highest BCUT2D eigenvalue weighted by Gasteiger charge is 2.32. The first-order chi connectivity index (χ1) is 10.1. The molecule has 0 bridgehead atoms. The van der Waals surface area contributed by atoms with Gasteiger partial charge >= 0.3 is 0 Å². The molecule has 1 unspecified atom stereocenters. The number of ether oxygens (including phenoxy) is 1. The number of aromatic nitrogens is 3. The van der Waals surface area contributed by atoms with E-state index >= 15 is 0 Å². The van der Waals surface area contributed by atoms with Gasteiger partial charge in [-0.15, -0.1) is 0 Å². The third-order valence-electron chi connectivity index (χ3n) is 4.15. The number of methoxy groups -OCH3 is 1. The van der Waals surface area contributed by atoms with Crippen molar-refractivity contribution in [2.75, 3.05) is 13.7 Å². The zero-order chi connectivity index (χ0) is 15.0. The fourth-order valence-electron chi connectivity index (χ4n) is 3.32. The molecule has 0 aromatic carbocycles. The first-order valence-electron chi connectivity index (χ1n) is 7.34. The molecule has 2 aromatic rings. The van der Waals surface area contributed by atoms with Gasteiger partial charge < -0.3 is 9.26 Å². The first-order valence-corrected chi connectivity index (χ1v) is 7.34. The largest absolute Gasteiger partial charge is 0.481 e. The smallest absolute Gasteiger partial charge is 0.216 e. The molecule has 0 aliphatic carbocycles. The van der Waals surface area contributed by atoms with Gasteiger partial charge in [-0.2, -0.15) is 5.10 Å². The highest BCUT2D eigenvalue weighted by Crippen LogP contribution is 2.39. The van der Waals surface area contributed by atoms with E-state index in [1.165, 1.54) is 12.0 Å². The summed E-state index contributed by atoms with van der Waals surface area (Å²) in [7, 11) is 3.63. The maximum Gasteiger partial charge on any atom is 0.216 e. The fourth-order valence-corrected chi connectivity index (χ4v) is 3.32. The van der Waals surface area contributed by atoms with Crippen LogP contribution in [0.5, 0.6) is 5.88 Å². The fraction of sp³-hybridized carbons (Fsp3) is 0.600. The lowest BCUT2D eigenvalue weighted by molar-refractivity contribution is 0.233. The van der Waals surface area contributed by atoms with Crippen LogP contribution >= 0.6 is 0 Å². The van der Waals surface area contributed by atoms with Crippen LogP contribution in [0.15, 0.2) is 10.6 Å². The maximum absolute atomic E-state index is 5.55. The minimum Gasteiger partial charge on any atom is -0.481 e. The molecule has 0 radical (unpaired) electrons. The Labute approximate surface area is 124 Å². The van der Waals surface area contributed by atoms with E-state index in [0.29, 0.717) is 6.04 Å². The summed E-state index contributed by atoms with van der Waals surface area (Å²) in [6, 6.07) is 2.34. The van der Waals surface area contributed by atoms with Crippen LogP contribution in [0.1, 0.15) is 41.6 Å². The molecule has 3 rings (SSSR count). The third-order valence-corrected chi connectivity index (χ3v) is 4.15. The second-order valence-electron chi connectivity index (χ2n) is 5.69. The van der Waals surface area contributed by atoms with Crippen molar-refractivity contribution in [2.24, 2.45) is 7.05 Å². The Bertz CT molecular complexity index is 632. The molecule has 0 spiro atoms. The molecule has 6 heteroatoms. The van der Waals surface area contributed by atoms with Crippen LogP contribution in [0.4, 0.5) is 0 Å². The Morgan fingerprint density at radius 1 is 1.43 bits per heavy atom. The summed E-state index contributed by atoms with van der Waals surface area (Å²) in [5, 5.41) is 8.61. The Morgan fingerprint density at radius 3 is 2.90 bits per heavy atom. The number of nitrogens with zero attached hydrogens (tertiary/aromatic N) is 4. The quantitative estimate of drug-likeness (QED) is 0.865. The average Bonchev–Trinajstić information content (AvgIpc) is 3.10. The molecule has 114 valence electrons. The molecule has 1 aliphatic heterocycles. The van der Waals surface area contributed by atoms with Crippen molar-refractivity contribution in [3.05, 3.63) is 28.8 Å². The highest BCUT2D eigenvalue weighted by molar-refractivity contribution is 5.35. The van der Waals surface area contributed by atoms with Gasteiger partial charge in [0.1, 0.15) is 5.76 Å². The van der Waals surface area contributed by atoms with Crippen molar-refractivity contribution >= 4 is 0 Å². The lowest BCUT2D eigenvalue weighted by atomic mass is 10.0. The van der Waals surface area contributed by atoms with E-state index in [0.717, 1.165) is 42.5 Å². The van der Waals surface area contributed by atoms with Crippen molar-refractivity contribution in [1.29, 1.82) is 0 Å². The third kappa shape index (κ3) is 2.55. The zero-order valence-corrected chi connectivity index (χ0v) is 13.1. The van der Waals surface area contributed by atoms with E-state index in [-0.39, 0.29) is 0 Å². The standard InChI is InChI=1S/C15H22N4O2/c1-10-8-12(17-21-10)9-19-7-5-6-13(19)14-11(2)16-18(3)15(14)20-4/h8,13H,5-7,9H2,1-4H3. The van der Waals surface area contributed by atoms with Crippen molar-refractivity contribution < 1.29 is 9.26 Å². The molecule has 21 heavy (non-hydrogen) atoms. The van der Waals surface area contributed by atoms with Gasteiger partial charge in [-0.05, 0) is 33.2 Å². The van der Waals surface area contributed by atoms with Crippen LogP contribution in [0, 0.1) is 13.8 Å². The molecule has 2 aromatic heterocycles. The second kappa shape index (κ2) is 5.52.